The number of hydrogen-bond donors (Lipinski definition) is 0. The molecule has 0 radical (unpaired) electrons. The summed E-state index contributed by atoms with van der Waals surface area (Å²) in [6.45, 7) is 3.09. The predicted octanol–water partition coefficient (Wildman–Crippen LogP) is 1.89. The van der Waals surface area contributed by atoms with Crippen LogP contribution >= 0.6 is 0 Å². The normalized spacial score (nSPS) is 21.5. The van der Waals surface area contributed by atoms with Gasteiger partial charge in [0.05, 0.1) is 25.8 Å². The molecule has 0 unspecified atom stereocenters. The van der Waals surface area contributed by atoms with Gasteiger partial charge in [-0.3, -0.25) is 4.98 Å². The van der Waals surface area contributed by atoms with Crippen molar-refractivity contribution < 1.29 is 9.47 Å². The Labute approximate surface area is 154 Å². The van der Waals surface area contributed by atoms with Crippen molar-refractivity contribution in [3.63, 3.8) is 0 Å². The predicted molar refractivity (Wildman–Crippen MR) is 99.3 cm³/mol. The first-order valence-electron chi connectivity index (χ1n) is 9.02. The highest BCUT2D eigenvalue weighted by Gasteiger charge is 2.48. The molecule has 1 spiro atoms. The van der Waals surface area contributed by atoms with Crippen molar-refractivity contribution in [1.82, 2.24) is 15.0 Å². The molecule has 26 heavy (non-hydrogen) atoms. The fraction of sp³-hybridized carbons (Fsp3) is 0.526. The lowest BCUT2D eigenvalue weighted by atomic mass is 9.84. The number of pyridine rings is 1. The van der Waals surface area contributed by atoms with E-state index in [2.05, 4.69) is 19.9 Å². The van der Waals surface area contributed by atoms with Crippen LogP contribution in [-0.4, -0.2) is 60.4 Å². The SMILES string of the molecule is CN(C)c1cc(N2CC3(C[C@H](OCc4ccncc4)CCO3)C2)ncn1. The van der Waals surface area contributed by atoms with Gasteiger partial charge in [0.2, 0.25) is 0 Å². The molecule has 7 heteroatoms. The van der Waals surface area contributed by atoms with Gasteiger partial charge in [-0.2, -0.15) is 0 Å². The maximum absolute atomic E-state index is 6.13. The Hall–Kier alpha value is -2.25. The van der Waals surface area contributed by atoms with Crippen LogP contribution in [0.3, 0.4) is 0 Å². The van der Waals surface area contributed by atoms with Gasteiger partial charge in [0.1, 0.15) is 23.6 Å². The smallest absolute Gasteiger partial charge is 0.134 e. The molecule has 138 valence electrons. The maximum atomic E-state index is 6.13. The van der Waals surface area contributed by atoms with Gasteiger partial charge < -0.3 is 19.3 Å². The van der Waals surface area contributed by atoms with Gasteiger partial charge in [-0.1, -0.05) is 0 Å². The van der Waals surface area contributed by atoms with Crippen molar-refractivity contribution in [2.75, 3.05) is 43.6 Å². The summed E-state index contributed by atoms with van der Waals surface area (Å²) in [6, 6.07) is 6.02. The molecule has 2 fully saturated rings. The van der Waals surface area contributed by atoms with Crippen LogP contribution in [0.1, 0.15) is 18.4 Å². The number of nitrogens with zero attached hydrogens (tertiary/aromatic N) is 5. The van der Waals surface area contributed by atoms with Gasteiger partial charge >= 0.3 is 0 Å². The molecule has 2 saturated heterocycles. The van der Waals surface area contributed by atoms with E-state index in [0.717, 1.165) is 49.7 Å². The minimum atomic E-state index is -0.107. The number of aromatic nitrogens is 3. The van der Waals surface area contributed by atoms with E-state index in [1.54, 1.807) is 18.7 Å². The zero-order valence-electron chi connectivity index (χ0n) is 15.3. The first-order chi connectivity index (χ1) is 12.6. The van der Waals surface area contributed by atoms with Crippen LogP contribution in [-0.2, 0) is 16.1 Å². The number of ether oxygens (including phenoxy) is 2. The molecule has 2 aliphatic heterocycles. The third kappa shape index (κ3) is 3.64. The zero-order valence-corrected chi connectivity index (χ0v) is 15.3. The molecule has 2 aliphatic rings. The van der Waals surface area contributed by atoms with Crippen LogP contribution in [0, 0.1) is 0 Å². The molecule has 0 aromatic carbocycles. The summed E-state index contributed by atoms with van der Waals surface area (Å²) in [7, 11) is 3.97. The van der Waals surface area contributed by atoms with Gasteiger partial charge in [-0.25, -0.2) is 9.97 Å². The van der Waals surface area contributed by atoms with Crippen LogP contribution in [0.2, 0.25) is 0 Å². The Morgan fingerprint density at radius 1 is 1.27 bits per heavy atom. The van der Waals surface area contributed by atoms with E-state index in [0.29, 0.717) is 6.61 Å². The zero-order chi connectivity index (χ0) is 18.0. The Morgan fingerprint density at radius 3 is 2.85 bits per heavy atom. The van der Waals surface area contributed by atoms with Crippen molar-refractivity contribution in [1.29, 1.82) is 0 Å². The molecule has 2 aromatic heterocycles. The molecule has 0 saturated carbocycles. The van der Waals surface area contributed by atoms with Crippen molar-refractivity contribution in [3.05, 3.63) is 42.5 Å². The first kappa shape index (κ1) is 17.2. The molecular weight excluding hydrogens is 330 g/mol. The van der Waals surface area contributed by atoms with Crippen LogP contribution < -0.4 is 9.80 Å². The second kappa shape index (κ2) is 7.17. The summed E-state index contributed by atoms with van der Waals surface area (Å²) in [6.07, 6.45) is 7.35. The summed E-state index contributed by atoms with van der Waals surface area (Å²) in [5, 5.41) is 0. The van der Waals surface area contributed by atoms with E-state index in [4.69, 9.17) is 9.47 Å². The Kier molecular flexibility index (Phi) is 4.74. The van der Waals surface area contributed by atoms with Crippen LogP contribution in [0.15, 0.2) is 36.9 Å². The highest BCUT2D eigenvalue weighted by atomic mass is 16.5. The van der Waals surface area contributed by atoms with Crippen molar-refractivity contribution >= 4 is 11.6 Å². The fourth-order valence-corrected chi connectivity index (χ4v) is 3.60. The second-order valence-corrected chi connectivity index (χ2v) is 7.30. The van der Waals surface area contributed by atoms with Gasteiger partial charge in [0, 0.05) is 45.6 Å². The Balaban J connectivity index is 1.33. The molecule has 0 amide bonds. The summed E-state index contributed by atoms with van der Waals surface area (Å²) < 4.78 is 12.3. The van der Waals surface area contributed by atoms with E-state index in [-0.39, 0.29) is 11.7 Å². The third-order valence-corrected chi connectivity index (χ3v) is 5.06. The minimum Gasteiger partial charge on any atom is -0.373 e. The number of rotatable bonds is 5. The van der Waals surface area contributed by atoms with Crippen molar-refractivity contribution in [2.45, 2.75) is 31.2 Å². The van der Waals surface area contributed by atoms with Crippen LogP contribution in [0.25, 0.3) is 0 Å². The largest absolute Gasteiger partial charge is 0.373 e. The molecule has 4 rings (SSSR count). The lowest BCUT2D eigenvalue weighted by molar-refractivity contribution is -0.148. The number of anilines is 2. The molecule has 4 heterocycles. The van der Waals surface area contributed by atoms with Crippen LogP contribution in [0.5, 0.6) is 0 Å². The van der Waals surface area contributed by atoms with E-state index in [1.165, 1.54) is 0 Å². The highest BCUT2D eigenvalue weighted by molar-refractivity contribution is 5.52. The van der Waals surface area contributed by atoms with E-state index < -0.39 is 0 Å². The van der Waals surface area contributed by atoms with Gasteiger partial charge in [-0.15, -0.1) is 0 Å². The minimum absolute atomic E-state index is 0.107. The van der Waals surface area contributed by atoms with Gasteiger partial charge in [-0.05, 0) is 24.1 Å². The molecule has 0 bridgehead atoms. The quantitative estimate of drug-likeness (QED) is 0.811. The molecule has 0 N–H and O–H groups in total. The number of hydrogen-bond acceptors (Lipinski definition) is 7. The lowest BCUT2D eigenvalue weighted by Gasteiger charge is -2.53. The molecular formula is C19H25N5O2. The van der Waals surface area contributed by atoms with Crippen molar-refractivity contribution in [3.8, 4) is 0 Å². The van der Waals surface area contributed by atoms with Gasteiger partial charge in [0.15, 0.2) is 0 Å². The monoisotopic (exact) mass is 355 g/mol. The van der Waals surface area contributed by atoms with Gasteiger partial charge in [0.25, 0.3) is 0 Å². The first-order valence-corrected chi connectivity index (χ1v) is 9.02. The third-order valence-electron chi connectivity index (χ3n) is 5.06. The highest BCUT2D eigenvalue weighted by Crippen LogP contribution is 2.37. The molecule has 2 aromatic rings. The molecule has 0 aliphatic carbocycles. The molecule has 7 nitrogen and oxygen atoms in total. The average Bonchev–Trinajstić information content (AvgIpc) is 2.65. The Bertz CT molecular complexity index is 734. The lowest BCUT2D eigenvalue weighted by Crippen LogP contribution is -2.66. The topological polar surface area (TPSA) is 63.6 Å². The van der Waals surface area contributed by atoms with E-state index >= 15 is 0 Å². The van der Waals surface area contributed by atoms with E-state index in [1.807, 2.05) is 37.2 Å². The standard InChI is InChI=1S/C19H25N5O2/c1-23(2)17-9-18(22-14-21-17)24-12-19(13-24)10-16(5-8-26-19)25-11-15-3-6-20-7-4-15/h3-4,6-7,9,14,16H,5,8,10-13H2,1-2H3/t16-/m1/s1. The second-order valence-electron chi connectivity index (χ2n) is 7.30. The average molecular weight is 355 g/mol. The van der Waals surface area contributed by atoms with Crippen molar-refractivity contribution in [2.24, 2.45) is 0 Å². The summed E-state index contributed by atoms with van der Waals surface area (Å²) in [4.78, 5) is 17.0. The van der Waals surface area contributed by atoms with Crippen LogP contribution in [0.4, 0.5) is 11.6 Å². The Morgan fingerprint density at radius 2 is 2.08 bits per heavy atom. The van der Waals surface area contributed by atoms with E-state index in [9.17, 15) is 0 Å². The summed E-state index contributed by atoms with van der Waals surface area (Å²) in [5.41, 5.74) is 1.05. The summed E-state index contributed by atoms with van der Waals surface area (Å²) >= 11 is 0. The fourth-order valence-electron chi connectivity index (χ4n) is 3.60. The maximum Gasteiger partial charge on any atom is 0.134 e. The summed E-state index contributed by atoms with van der Waals surface area (Å²) in [5.74, 6) is 1.87. The molecule has 1 atom stereocenters.